The largest absolute Gasteiger partial charge is 0.368 e. The Morgan fingerprint density at radius 3 is 2.90 bits per heavy atom. The second kappa shape index (κ2) is 5.73. The first-order valence-corrected chi connectivity index (χ1v) is 7.51. The second-order valence-electron chi connectivity index (χ2n) is 4.78. The van der Waals surface area contributed by atoms with Gasteiger partial charge >= 0.3 is 0 Å². The number of nitrogens with one attached hydrogen (secondary N) is 1. The number of rotatable bonds is 3. The number of aromatic nitrogens is 1. The number of benzene rings is 1. The van der Waals surface area contributed by atoms with Crippen LogP contribution in [0, 0.1) is 6.92 Å². The van der Waals surface area contributed by atoms with Gasteiger partial charge in [0.1, 0.15) is 6.10 Å². The van der Waals surface area contributed by atoms with E-state index in [1.54, 1.807) is 0 Å². The molecule has 0 spiro atoms. The molecule has 1 aliphatic heterocycles. The first kappa shape index (κ1) is 13.3. The van der Waals surface area contributed by atoms with E-state index in [0.29, 0.717) is 11.7 Å². The summed E-state index contributed by atoms with van der Waals surface area (Å²) in [5, 5.41) is 3.50. The molecule has 0 saturated carbocycles. The number of nitrogens with zero attached hydrogens (tertiary/aromatic N) is 1. The molecule has 4 nitrogen and oxygen atoms in total. The number of amides is 1. The topological polar surface area (TPSA) is 51.2 Å². The normalized spacial score (nSPS) is 18.1. The Labute approximate surface area is 121 Å². The van der Waals surface area contributed by atoms with Crippen LogP contribution in [-0.4, -0.2) is 23.6 Å². The third-order valence-corrected chi connectivity index (χ3v) is 4.18. The Morgan fingerprint density at radius 2 is 2.20 bits per heavy atom. The molecule has 1 aromatic heterocycles. The molecule has 1 N–H and O–H groups in total. The van der Waals surface area contributed by atoms with Crippen molar-refractivity contribution in [2.24, 2.45) is 0 Å². The summed E-state index contributed by atoms with van der Waals surface area (Å²) in [7, 11) is 0. The summed E-state index contributed by atoms with van der Waals surface area (Å²) in [6, 6.07) is 9.99. The zero-order valence-corrected chi connectivity index (χ0v) is 12.1. The molecular weight excluding hydrogens is 272 g/mol. The predicted molar refractivity (Wildman–Crippen MR) is 79.9 cm³/mol. The summed E-state index contributed by atoms with van der Waals surface area (Å²) < 4.78 is 5.37. The van der Waals surface area contributed by atoms with Crippen molar-refractivity contribution in [3.8, 4) is 11.3 Å². The number of thiazole rings is 1. The molecule has 1 aromatic carbocycles. The van der Waals surface area contributed by atoms with Crippen molar-refractivity contribution in [2.45, 2.75) is 25.9 Å². The molecule has 20 heavy (non-hydrogen) atoms. The Balaban J connectivity index is 1.77. The van der Waals surface area contributed by atoms with Crippen LogP contribution in [0.5, 0.6) is 0 Å². The Hall–Kier alpha value is -1.72. The minimum atomic E-state index is -0.320. The van der Waals surface area contributed by atoms with E-state index in [0.717, 1.165) is 29.0 Å². The van der Waals surface area contributed by atoms with E-state index in [1.807, 2.05) is 37.3 Å². The summed E-state index contributed by atoms with van der Waals surface area (Å²) >= 11 is 1.50. The minimum absolute atomic E-state index is 0.0872. The molecule has 1 aliphatic rings. The lowest BCUT2D eigenvalue weighted by molar-refractivity contribution is -0.124. The average molecular weight is 288 g/mol. The average Bonchev–Trinajstić information content (AvgIpc) is 3.09. The van der Waals surface area contributed by atoms with Crippen LogP contribution in [0.25, 0.3) is 11.3 Å². The summed E-state index contributed by atoms with van der Waals surface area (Å²) in [4.78, 5) is 17.6. The van der Waals surface area contributed by atoms with Crippen LogP contribution >= 0.6 is 11.3 Å². The molecule has 3 rings (SSSR count). The number of aryl methyl sites for hydroxylation is 1. The Morgan fingerprint density at radius 1 is 1.40 bits per heavy atom. The number of hydrogen-bond donors (Lipinski definition) is 1. The first-order valence-electron chi connectivity index (χ1n) is 6.69. The molecule has 0 bridgehead atoms. The molecule has 104 valence electrons. The number of carbonyl (C=O) groups is 1. The first-order chi connectivity index (χ1) is 9.74. The zero-order chi connectivity index (χ0) is 13.9. The maximum absolute atomic E-state index is 12.0. The number of hydrogen-bond acceptors (Lipinski definition) is 4. The highest BCUT2D eigenvalue weighted by Gasteiger charge is 2.24. The van der Waals surface area contributed by atoms with Crippen molar-refractivity contribution < 1.29 is 9.53 Å². The van der Waals surface area contributed by atoms with E-state index in [9.17, 15) is 4.79 Å². The summed E-state index contributed by atoms with van der Waals surface area (Å²) in [5.41, 5.74) is 2.00. The van der Waals surface area contributed by atoms with E-state index < -0.39 is 0 Å². The molecule has 0 radical (unpaired) electrons. The molecule has 0 aliphatic carbocycles. The van der Waals surface area contributed by atoms with Crippen LogP contribution in [0.3, 0.4) is 0 Å². The number of anilines is 1. The third-order valence-electron chi connectivity index (χ3n) is 3.30. The molecule has 1 amide bonds. The van der Waals surface area contributed by atoms with Crippen LogP contribution in [-0.2, 0) is 9.53 Å². The SMILES string of the molecule is Cc1sc(NC(=O)[C@H]2CCCO2)nc1-c1ccccc1. The second-order valence-corrected chi connectivity index (χ2v) is 5.98. The van der Waals surface area contributed by atoms with Gasteiger partial charge in [0.2, 0.25) is 0 Å². The monoisotopic (exact) mass is 288 g/mol. The van der Waals surface area contributed by atoms with E-state index in [2.05, 4.69) is 10.3 Å². The fourth-order valence-corrected chi connectivity index (χ4v) is 3.12. The smallest absolute Gasteiger partial charge is 0.255 e. The van der Waals surface area contributed by atoms with Gasteiger partial charge in [0.15, 0.2) is 5.13 Å². The number of carbonyl (C=O) groups excluding carboxylic acids is 1. The Kier molecular flexibility index (Phi) is 3.80. The van der Waals surface area contributed by atoms with Crippen LogP contribution in [0.2, 0.25) is 0 Å². The van der Waals surface area contributed by atoms with Crippen molar-refractivity contribution in [3.63, 3.8) is 0 Å². The van der Waals surface area contributed by atoms with Crippen molar-refractivity contribution in [1.29, 1.82) is 0 Å². The van der Waals surface area contributed by atoms with Gasteiger partial charge in [-0.05, 0) is 19.8 Å². The third kappa shape index (κ3) is 2.73. The lowest BCUT2D eigenvalue weighted by Gasteiger charge is -2.07. The summed E-state index contributed by atoms with van der Waals surface area (Å²) in [5.74, 6) is -0.0872. The van der Waals surface area contributed by atoms with E-state index in [1.165, 1.54) is 11.3 Å². The fraction of sp³-hybridized carbons (Fsp3) is 0.333. The maximum Gasteiger partial charge on any atom is 0.255 e. The highest BCUT2D eigenvalue weighted by Crippen LogP contribution is 2.30. The van der Waals surface area contributed by atoms with Crippen LogP contribution in [0.4, 0.5) is 5.13 Å². The van der Waals surface area contributed by atoms with Gasteiger partial charge in [-0.25, -0.2) is 4.98 Å². The summed E-state index contributed by atoms with van der Waals surface area (Å²) in [6.45, 7) is 2.69. The number of ether oxygens (including phenoxy) is 1. The molecule has 2 heterocycles. The zero-order valence-electron chi connectivity index (χ0n) is 11.3. The van der Waals surface area contributed by atoms with Crippen molar-refractivity contribution in [1.82, 2.24) is 4.98 Å². The quantitative estimate of drug-likeness (QED) is 0.943. The molecular formula is C15H16N2O2S. The van der Waals surface area contributed by atoms with E-state index in [-0.39, 0.29) is 12.0 Å². The van der Waals surface area contributed by atoms with Gasteiger partial charge in [-0.3, -0.25) is 10.1 Å². The van der Waals surface area contributed by atoms with Gasteiger partial charge in [0.25, 0.3) is 5.91 Å². The van der Waals surface area contributed by atoms with Gasteiger partial charge in [-0.15, -0.1) is 11.3 Å². The van der Waals surface area contributed by atoms with Gasteiger partial charge < -0.3 is 4.74 Å². The van der Waals surface area contributed by atoms with Crippen LogP contribution in [0.1, 0.15) is 17.7 Å². The molecule has 2 aromatic rings. The van der Waals surface area contributed by atoms with E-state index in [4.69, 9.17) is 4.74 Å². The van der Waals surface area contributed by atoms with Gasteiger partial charge in [-0.1, -0.05) is 30.3 Å². The maximum atomic E-state index is 12.0. The molecule has 1 atom stereocenters. The van der Waals surface area contributed by atoms with Crippen LogP contribution in [0.15, 0.2) is 30.3 Å². The van der Waals surface area contributed by atoms with Gasteiger partial charge in [0, 0.05) is 17.0 Å². The van der Waals surface area contributed by atoms with Gasteiger partial charge in [0.05, 0.1) is 5.69 Å². The fourth-order valence-electron chi connectivity index (χ4n) is 2.28. The minimum Gasteiger partial charge on any atom is -0.368 e. The van der Waals surface area contributed by atoms with Crippen molar-refractivity contribution >= 4 is 22.4 Å². The van der Waals surface area contributed by atoms with Gasteiger partial charge in [-0.2, -0.15) is 0 Å². The molecule has 5 heteroatoms. The predicted octanol–water partition coefficient (Wildman–Crippen LogP) is 3.24. The molecule has 1 fully saturated rings. The Bertz CT molecular complexity index is 604. The lowest BCUT2D eigenvalue weighted by Crippen LogP contribution is -2.26. The molecule has 1 saturated heterocycles. The standard InChI is InChI=1S/C15H16N2O2S/c1-10-13(11-6-3-2-4-7-11)16-15(20-10)17-14(18)12-8-5-9-19-12/h2-4,6-7,12H,5,8-9H2,1H3,(H,16,17,18)/t12-/m1/s1. The van der Waals surface area contributed by atoms with Crippen LogP contribution < -0.4 is 5.32 Å². The molecule has 0 unspecified atom stereocenters. The van der Waals surface area contributed by atoms with Crippen molar-refractivity contribution in [2.75, 3.05) is 11.9 Å². The summed E-state index contributed by atoms with van der Waals surface area (Å²) in [6.07, 6.45) is 1.42. The van der Waals surface area contributed by atoms with Crippen molar-refractivity contribution in [3.05, 3.63) is 35.2 Å². The lowest BCUT2D eigenvalue weighted by atomic mass is 10.1. The highest BCUT2D eigenvalue weighted by molar-refractivity contribution is 7.16. The van der Waals surface area contributed by atoms with E-state index >= 15 is 0 Å². The highest BCUT2D eigenvalue weighted by atomic mass is 32.1.